The maximum atomic E-state index is 4.35. The fourth-order valence-electron chi connectivity index (χ4n) is 1.22. The molecule has 0 saturated carbocycles. The van der Waals surface area contributed by atoms with Crippen molar-refractivity contribution in [2.45, 2.75) is 18.7 Å². The van der Waals surface area contributed by atoms with E-state index in [-0.39, 0.29) is 0 Å². The molecule has 0 spiro atoms. The van der Waals surface area contributed by atoms with Gasteiger partial charge in [0.1, 0.15) is 5.69 Å². The van der Waals surface area contributed by atoms with Crippen LogP contribution >= 0.6 is 11.8 Å². The first kappa shape index (κ1) is 9.51. The van der Waals surface area contributed by atoms with Gasteiger partial charge in [-0.3, -0.25) is 9.67 Å². The molecule has 1 unspecified atom stereocenters. The van der Waals surface area contributed by atoms with Gasteiger partial charge in [-0.2, -0.15) is 0 Å². The van der Waals surface area contributed by atoms with Gasteiger partial charge in [-0.1, -0.05) is 23.9 Å². The molecule has 1 aliphatic rings. The van der Waals surface area contributed by atoms with Gasteiger partial charge >= 0.3 is 0 Å². The second-order valence-corrected chi connectivity index (χ2v) is 4.74. The van der Waals surface area contributed by atoms with Gasteiger partial charge in [0.15, 0.2) is 5.17 Å². The summed E-state index contributed by atoms with van der Waals surface area (Å²) >= 11 is 1.78. The molecular weight excluding hydrogens is 198 g/mol. The Kier molecular flexibility index (Phi) is 2.72. The minimum absolute atomic E-state index is 0.597. The van der Waals surface area contributed by atoms with Crippen molar-refractivity contribution >= 4 is 16.9 Å². The summed E-state index contributed by atoms with van der Waals surface area (Å²) in [5.41, 5.74) is 0.940. The van der Waals surface area contributed by atoms with Gasteiger partial charge in [0.2, 0.25) is 0 Å². The number of aryl methyl sites for hydroxylation is 1. The minimum atomic E-state index is 0.597. The third-order valence-corrected chi connectivity index (χ3v) is 2.92. The van der Waals surface area contributed by atoms with Crippen molar-refractivity contribution in [3.05, 3.63) is 11.9 Å². The second kappa shape index (κ2) is 4.00. The van der Waals surface area contributed by atoms with Crippen molar-refractivity contribution in [1.29, 1.82) is 0 Å². The highest BCUT2D eigenvalue weighted by Gasteiger charge is 2.14. The van der Waals surface area contributed by atoms with Crippen molar-refractivity contribution in [1.82, 2.24) is 20.3 Å². The quantitative estimate of drug-likeness (QED) is 0.769. The van der Waals surface area contributed by atoms with Gasteiger partial charge in [-0.25, -0.2) is 0 Å². The zero-order valence-corrected chi connectivity index (χ0v) is 9.08. The number of hydrogen-bond donors (Lipinski definition) is 1. The van der Waals surface area contributed by atoms with Crippen LogP contribution in [-0.2, 0) is 13.6 Å². The summed E-state index contributed by atoms with van der Waals surface area (Å²) in [6.45, 7) is 3.78. The van der Waals surface area contributed by atoms with Crippen LogP contribution < -0.4 is 5.32 Å². The molecule has 2 heterocycles. The SMILES string of the molecule is CC1CN=C(NCc2cn(C)nn2)S1. The van der Waals surface area contributed by atoms with Crippen LogP contribution in [0.25, 0.3) is 0 Å². The smallest absolute Gasteiger partial charge is 0.157 e. The molecule has 1 aliphatic heterocycles. The largest absolute Gasteiger partial charge is 0.359 e. The fraction of sp³-hybridized carbons (Fsp3) is 0.625. The summed E-state index contributed by atoms with van der Waals surface area (Å²) in [5.74, 6) is 0. The zero-order valence-electron chi connectivity index (χ0n) is 8.27. The Labute approximate surface area is 87.0 Å². The third-order valence-electron chi connectivity index (χ3n) is 1.88. The summed E-state index contributed by atoms with van der Waals surface area (Å²) in [6.07, 6.45) is 1.90. The molecule has 0 saturated heterocycles. The second-order valence-electron chi connectivity index (χ2n) is 3.31. The number of hydrogen-bond acceptors (Lipinski definition) is 5. The lowest BCUT2D eigenvalue weighted by atomic mass is 10.5. The van der Waals surface area contributed by atoms with E-state index in [2.05, 4.69) is 27.5 Å². The molecule has 14 heavy (non-hydrogen) atoms. The molecule has 76 valence electrons. The highest BCUT2D eigenvalue weighted by atomic mass is 32.2. The first-order valence-corrected chi connectivity index (χ1v) is 5.42. The van der Waals surface area contributed by atoms with Crippen molar-refractivity contribution in [2.24, 2.45) is 12.0 Å². The lowest BCUT2D eigenvalue weighted by molar-refractivity contribution is 0.712. The average molecular weight is 211 g/mol. The van der Waals surface area contributed by atoms with Crippen LogP contribution in [0.2, 0.25) is 0 Å². The lowest BCUT2D eigenvalue weighted by Gasteiger charge is -2.02. The Bertz CT molecular complexity index is 345. The van der Waals surface area contributed by atoms with Crippen LogP contribution in [0, 0.1) is 0 Å². The molecule has 2 rings (SSSR count). The summed E-state index contributed by atoms with van der Waals surface area (Å²) in [4.78, 5) is 4.35. The van der Waals surface area contributed by atoms with Gasteiger partial charge < -0.3 is 5.32 Å². The molecule has 0 fully saturated rings. The number of nitrogens with zero attached hydrogens (tertiary/aromatic N) is 4. The molecule has 0 aromatic carbocycles. The molecule has 0 bridgehead atoms. The molecule has 0 radical (unpaired) electrons. The molecule has 1 N–H and O–H groups in total. The van der Waals surface area contributed by atoms with E-state index in [1.807, 2.05) is 13.2 Å². The van der Waals surface area contributed by atoms with Crippen molar-refractivity contribution in [3.8, 4) is 0 Å². The minimum Gasteiger partial charge on any atom is -0.359 e. The Balaban J connectivity index is 1.83. The molecule has 1 atom stereocenters. The molecule has 0 aliphatic carbocycles. The number of aliphatic imine (C=N–C) groups is 1. The Morgan fingerprint density at radius 3 is 3.14 bits per heavy atom. The average Bonchev–Trinajstić information content (AvgIpc) is 2.72. The third kappa shape index (κ3) is 2.25. The summed E-state index contributed by atoms with van der Waals surface area (Å²) in [6, 6.07) is 0. The van der Waals surface area contributed by atoms with Crippen molar-refractivity contribution in [3.63, 3.8) is 0 Å². The number of thioether (sulfide) groups is 1. The van der Waals surface area contributed by atoms with Gasteiger partial charge in [0.25, 0.3) is 0 Å². The Morgan fingerprint density at radius 1 is 1.71 bits per heavy atom. The maximum absolute atomic E-state index is 4.35. The molecular formula is C8H13N5S. The first-order valence-electron chi connectivity index (χ1n) is 4.54. The molecule has 0 amide bonds. The van der Waals surface area contributed by atoms with E-state index >= 15 is 0 Å². The normalized spacial score (nSPS) is 21.0. The van der Waals surface area contributed by atoms with Crippen LogP contribution in [0.3, 0.4) is 0 Å². The molecule has 6 heteroatoms. The topological polar surface area (TPSA) is 55.1 Å². The number of nitrogens with one attached hydrogen (secondary N) is 1. The van der Waals surface area contributed by atoms with Crippen LogP contribution in [0.15, 0.2) is 11.2 Å². The van der Waals surface area contributed by atoms with Crippen LogP contribution in [0.1, 0.15) is 12.6 Å². The molecule has 5 nitrogen and oxygen atoms in total. The van der Waals surface area contributed by atoms with Gasteiger partial charge in [-0.05, 0) is 0 Å². The van der Waals surface area contributed by atoms with E-state index in [1.54, 1.807) is 16.4 Å². The monoisotopic (exact) mass is 211 g/mol. The van der Waals surface area contributed by atoms with Gasteiger partial charge in [-0.15, -0.1) is 5.10 Å². The number of rotatable bonds is 2. The predicted octanol–water partition coefficient (Wildman–Crippen LogP) is 0.396. The van der Waals surface area contributed by atoms with E-state index in [1.165, 1.54) is 0 Å². The van der Waals surface area contributed by atoms with Crippen molar-refractivity contribution < 1.29 is 0 Å². The van der Waals surface area contributed by atoms with Crippen molar-refractivity contribution in [2.75, 3.05) is 6.54 Å². The Hall–Kier alpha value is -1.04. The predicted molar refractivity (Wildman–Crippen MR) is 57.2 cm³/mol. The molecule has 1 aromatic rings. The van der Waals surface area contributed by atoms with Crippen LogP contribution in [0.5, 0.6) is 0 Å². The van der Waals surface area contributed by atoms with Crippen LogP contribution in [-0.4, -0.2) is 32.0 Å². The maximum Gasteiger partial charge on any atom is 0.157 e. The lowest BCUT2D eigenvalue weighted by Crippen LogP contribution is -2.18. The number of amidine groups is 1. The van der Waals surface area contributed by atoms with E-state index in [4.69, 9.17) is 0 Å². The van der Waals surface area contributed by atoms with Crippen LogP contribution in [0.4, 0.5) is 0 Å². The summed E-state index contributed by atoms with van der Waals surface area (Å²) in [5, 5.41) is 12.7. The summed E-state index contributed by atoms with van der Waals surface area (Å²) < 4.78 is 1.70. The summed E-state index contributed by atoms with van der Waals surface area (Å²) in [7, 11) is 1.86. The fourth-order valence-corrected chi connectivity index (χ4v) is 2.05. The molecule has 1 aromatic heterocycles. The van der Waals surface area contributed by atoms with E-state index < -0.39 is 0 Å². The highest BCUT2D eigenvalue weighted by Crippen LogP contribution is 2.18. The zero-order chi connectivity index (χ0) is 9.97. The first-order chi connectivity index (χ1) is 6.74. The van der Waals surface area contributed by atoms with E-state index in [9.17, 15) is 0 Å². The van der Waals surface area contributed by atoms with E-state index in [0.717, 1.165) is 17.4 Å². The van der Waals surface area contributed by atoms with E-state index in [0.29, 0.717) is 11.8 Å². The van der Waals surface area contributed by atoms with Gasteiger partial charge in [0, 0.05) is 18.5 Å². The highest BCUT2D eigenvalue weighted by molar-refractivity contribution is 8.14. The van der Waals surface area contributed by atoms with Gasteiger partial charge in [0.05, 0.1) is 13.1 Å². The standard InChI is InChI=1S/C8H13N5S/c1-6-3-9-8(14-6)10-4-7-5-13(2)12-11-7/h5-6H,3-4H2,1-2H3,(H,9,10). The Morgan fingerprint density at radius 2 is 2.57 bits per heavy atom. The number of aromatic nitrogens is 3.